The second kappa shape index (κ2) is 6.06. The fourth-order valence-corrected chi connectivity index (χ4v) is 2.03. The molecule has 1 aliphatic rings. The minimum atomic E-state index is 0.250. The van der Waals surface area contributed by atoms with Crippen molar-refractivity contribution >= 4 is 5.84 Å². The number of methoxy groups -OCH3 is 1. The first-order chi connectivity index (χ1) is 7.65. The lowest BCUT2D eigenvalue weighted by Gasteiger charge is -2.25. The molecule has 0 spiro atoms. The Morgan fingerprint density at radius 3 is 2.69 bits per heavy atom. The summed E-state index contributed by atoms with van der Waals surface area (Å²) in [6.45, 7) is 5.89. The van der Waals surface area contributed by atoms with Gasteiger partial charge in [0.2, 0.25) is 0 Å². The highest BCUT2D eigenvalue weighted by atomic mass is 16.5. The number of oxime groups is 1. The van der Waals surface area contributed by atoms with E-state index in [1.54, 1.807) is 7.11 Å². The quantitative estimate of drug-likeness (QED) is 0.280. The fourth-order valence-electron chi connectivity index (χ4n) is 2.03. The average molecular weight is 229 g/mol. The Balaban J connectivity index is 2.38. The summed E-state index contributed by atoms with van der Waals surface area (Å²) in [4.78, 5) is 2.36. The monoisotopic (exact) mass is 229 g/mol. The summed E-state index contributed by atoms with van der Waals surface area (Å²) in [6.07, 6.45) is 3.05. The Bertz CT molecular complexity index is 239. The molecule has 5 heteroatoms. The number of rotatable bonds is 8. The number of nitrogens with two attached hydrogens (primary N) is 1. The predicted molar refractivity (Wildman–Crippen MR) is 63.7 cm³/mol. The number of likely N-dealkylation sites (N-methyl/N-ethyl adjacent to an activating group) is 1. The third kappa shape index (κ3) is 3.98. The van der Waals surface area contributed by atoms with Crippen molar-refractivity contribution in [2.75, 3.05) is 33.4 Å². The lowest BCUT2D eigenvalue weighted by atomic mass is 10.0. The van der Waals surface area contributed by atoms with Crippen molar-refractivity contribution in [1.82, 2.24) is 4.90 Å². The molecule has 5 nitrogen and oxygen atoms in total. The molecule has 0 atom stereocenters. The zero-order valence-electron chi connectivity index (χ0n) is 10.3. The van der Waals surface area contributed by atoms with Gasteiger partial charge >= 0.3 is 0 Å². The first-order valence-electron chi connectivity index (χ1n) is 5.83. The molecule has 94 valence electrons. The van der Waals surface area contributed by atoms with Crippen LogP contribution in [0.2, 0.25) is 0 Å². The summed E-state index contributed by atoms with van der Waals surface area (Å²) >= 11 is 0. The van der Waals surface area contributed by atoms with Crippen molar-refractivity contribution in [3.05, 3.63) is 0 Å². The predicted octanol–water partition coefficient (Wildman–Crippen LogP) is 0.871. The van der Waals surface area contributed by atoms with Gasteiger partial charge in [0.05, 0.1) is 6.61 Å². The van der Waals surface area contributed by atoms with E-state index in [0.29, 0.717) is 12.3 Å². The third-order valence-corrected chi connectivity index (χ3v) is 3.26. The lowest BCUT2D eigenvalue weighted by molar-refractivity contribution is 0.137. The Morgan fingerprint density at radius 2 is 2.25 bits per heavy atom. The first kappa shape index (κ1) is 13.3. The third-order valence-electron chi connectivity index (χ3n) is 3.26. The van der Waals surface area contributed by atoms with Crippen molar-refractivity contribution in [2.45, 2.75) is 26.2 Å². The number of amidine groups is 1. The molecular formula is C11H23N3O2. The smallest absolute Gasteiger partial charge is 0.139 e. The Morgan fingerprint density at radius 1 is 1.56 bits per heavy atom. The van der Waals surface area contributed by atoms with Gasteiger partial charge in [-0.2, -0.15) is 0 Å². The van der Waals surface area contributed by atoms with Gasteiger partial charge in [-0.05, 0) is 24.8 Å². The van der Waals surface area contributed by atoms with Crippen LogP contribution in [-0.2, 0) is 4.74 Å². The normalized spacial score (nSPS) is 19.1. The molecule has 0 aromatic rings. The van der Waals surface area contributed by atoms with Crippen molar-refractivity contribution in [3.63, 3.8) is 0 Å². The molecule has 1 saturated carbocycles. The maximum Gasteiger partial charge on any atom is 0.139 e. The van der Waals surface area contributed by atoms with Gasteiger partial charge in [-0.1, -0.05) is 12.1 Å². The van der Waals surface area contributed by atoms with Gasteiger partial charge in [0.15, 0.2) is 0 Å². The zero-order valence-corrected chi connectivity index (χ0v) is 10.3. The summed E-state index contributed by atoms with van der Waals surface area (Å²) in [5.74, 6) is 0.347. The minimum Gasteiger partial charge on any atom is -0.409 e. The van der Waals surface area contributed by atoms with Crippen molar-refractivity contribution in [3.8, 4) is 0 Å². The second-order valence-electron chi connectivity index (χ2n) is 4.63. The highest BCUT2D eigenvalue weighted by molar-refractivity contribution is 5.80. The van der Waals surface area contributed by atoms with E-state index in [1.807, 2.05) is 0 Å². The Labute approximate surface area is 97.2 Å². The number of hydrogen-bond acceptors (Lipinski definition) is 4. The van der Waals surface area contributed by atoms with Crippen LogP contribution in [0.25, 0.3) is 0 Å². The van der Waals surface area contributed by atoms with Crippen LogP contribution in [0.15, 0.2) is 5.16 Å². The number of nitrogens with zero attached hydrogens (tertiary/aromatic N) is 2. The molecule has 0 bridgehead atoms. The van der Waals surface area contributed by atoms with Gasteiger partial charge in [-0.3, -0.25) is 0 Å². The molecular weight excluding hydrogens is 206 g/mol. The Hall–Kier alpha value is -0.810. The summed E-state index contributed by atoms with van der Waals surface area (Å²) in [7, 11) is 1.72. The van der Waals surface area contributed by atoms with Gasteiger partial charge < -0.3 is 20.6 Å². The molecule has 0 unspecified atom stereocenters. The summed E-state index contributed by atoms with van der Waals surface area (Å²) in [6, 6.07) is 0. The molecule has 3 N–H and O–H groups in total. The first-order valence-corrected chi connectivity index (χ1v) is 5.83. The van der Waals surface area contributed by atoms with Crippen LogP contribution in [-0.4, -0.2) is 49.3 Å². The number of hydrogen-bond donors (Lipinski definition) is 2. The van der Waals surface area contributed by atoms with Crippen LogP contribution in [0.4, 0.5) is 0 Å². The van der Waals surface area contributed by atoms with Gasteiger partial charge in [-0.15, -0.1) is 0 Å². The van der Waals surface area contributed by atoms with Crippen LogP contribution in [0.5, 0.6) is 0 Å². The van der Waals surface area contributed by atoms with Gasteiger partial charge in [-0.25, -0.2) is 0 Å². The molecule has 1 fully saturated rings. The average Bonchev–Trinajstić information content (AvgIpc) is 3.04. The van der Waals surface area contributed by atoms with E-state index in [4.69, 9.17) is 15.7 Å². The molecule has 0 saturated heterocycles. The van der Waals surface area contributed by atoms with Crippen LogP contribution in [0.3, 0.4) is 0 Å². The van der Waals surface area contributed by atoms with Crippen LogP contribution < -0.4 is 5.73 Å². The van der Waals surface area contributed by atoms with Crippen LogP contribution in [0.1, 0.15) is 26.2 Å². The van der Waals surface area contributed by atoms with E-state index in [2.05, 4.69) is 17.0 Å². The van der Waals surface area contributed by atoms with Crippen LogP contribution >= 0.6 is 0 Å². The summed E-state index contributed by atoms with van der Waals surface area (Å²) < 4.78 is 5.08. The molecule has 0 aliphatic heterocycles. The largest absolute Gasteiger partial charge is 0.409 e. The maximum atomic E-state index is 8.59. The lowest BCUT2D eigenvalue weighted by Crippen LogP contribution is -2.35. The van der Waals surface area contributed by atoms with Gasteiger partial charge in [0.25, 0.3) is 0 Å². The van der Waals surface area contributed by atoms with Crippen LogP contribution in [0, 0.1) is 5.41 Å². The standard InChI is InChI=1S/C11H23N3O2/c1-3-14(6-7-16-2)9-11(4-5-11)8-10(12)13-15/h15H,3-9H2,1-2H3,(H2,12,13). The zero-order chi connectivity index (χ0) is 12.0. The van der Waals surface area contributed by atoms with Gasteiger partial charge in [0, 0.05) is 26.6 Å². The highest BCUT2D eigenvalue weighted by Crippen LogP contribution is 2.49. The van der Waals surface area contributed by atoms with Crippen molar-refractivity contribution in [1.29, 1.82) is 0 Å². The van der Waals surface area contributed by atoms with E-state index in [9.17, 15) is 0 Å². The molecule has 1 rings (SSSR count). The molecule has 1 aliphatic carbocycles. The van der Waals surface area contributed by atoms with Gasteiger partial charge in [0.1, 0.15) is 5.84 Å². The Kier molecular flexibility index (Phi) is 5.02. The topological polar surface area (TPSA) is 71.1 Å². The molecule has 0 aromatic carbocycles. The van der Waals surface area contributed by atoms with E-state index in [1.165, 1.54) is 12.8 Å². The van der Waals surface area contributed by atoms with E-state index >= 15 is 0 Å². The van der Waals surface area contributed by atoms with E-state index in [-0.39, 0.29) is 5.41 Å². The molecule has 0 amide bonds. The fraction of sp³-hybridized carbons (Fsp3) is 0.909. The molecule has 16 heavy (non-hydrogen) atoms. The maximum absolute atomic E-state index is 8.59. The van der Waals surface area contributed by atoms with Crippen molar-refractivity contribution < 1.29 is 9.94 Å². The minimum absolute atomic E-state index is 0.250. The second-order valence-corrected chi connectivity index (χ2v) is 4.63. The summed E-state index contributed by atoms with van der Waals surface area (Å²) in [5.41, 5.74) is 5.82. The molecule has 0 heterocycles. The highest BCUT2D eigenvalue weighted by Gasteiger charge is 2.44. The van der Waals surface area contributed by atoms with E-state index < -0.39 is 0 Å². The molecule has 0 aromatic heterocycles. The van der Waals surface area contributed by atoms with Crippen molar-refractivity contribution in [2.24, 2.45) is 16.3 Å². The SMILES string of the molecule is CCN(CCOC)CC1(CC(N)=NO)CC1. The summed E-state index contributed by atoms with van der Waals surface area (Å²) in [5, 5.41) is 11.6. The number of ether oxygens (including phenoxy) is 1. The molecule has 0 radical (unpaired) electrons. The van der Waals surface area contributed by atoms with E-state index in [0.717, 1.165) is 26.2 Å².